The monoisotopic (exact) mass is 130 g/mol. The minimum Gasteiger partial charge on any atom is -0.192 e. The molecular weight excluding hydrogens is 122 g/mol. The van der Waals surface area contributed by atoms with Crippen LogP contribution in [0.3, 0.4) is 0 Å². The SMILES string of the molecule is Cc1[c]c(C#N)ccc1C. The lowest BCUT2D eigenvalue weighted by molar-refractivity contribution is 1.31. The average molecular weight is 130 g/mol. The van der Waals surface area contributed by atoms with Crippen LogP contribution in [-0.2, 0) is 0 Å². The highest BCUT2D eigenvalue weighted by Gasteiger charge is 1.93. The van der Waals surface area contributed by atoms with E-state index in [-0.39, 0.29) is 0 Å². The van der Waals surface area contributed by atoms with Gasteiger partial charge in [-0.2, -0.15) is 5.26 Å². The summed E-state index contributed by atoms with van der Waals surface area (Å²) in [6.07, 6.45) is 0. The maximum absolute atomic E-state index is 8.47. The summed E-state index contributed by atoms with van der Waals surface area (Å²) in [6.45, 7) is 3.96. The second kappa shape index (κ2) is 2.53. The Kier molecular flexibility index (Phi) is 1.73. The largest absolute Gasteiger partial charge is 0.192 e. The molecule has 0 heterocycles. The zero-order valence-electron chi connectivity index (χ0n) is 6.10. The molecule has 1 heteroatoms. The van der Waals surface area contributed by atoms with Crippen molar-refractivity contribution < 1.29 is 0 Å². The fourth-order valence-corrected chi connectivity index (χ4v) is 0.741. The van der Waals surface area contributed by atoms with E-state index < -0.39 is 0 Å². The zero-order valence-corrected chi connectivity index (χ0v) is 6.10. The molecule has 0 saturated carbocycles. The number of hydrogen-bond donors (Lipinski definition) is 0. The lowest BCUT2D eigenvalue weighted by Crippen LogP contribution is -1.82. The van der Waals surface area contributed by atoms with E-state index in [4.69, 9.17) is 5.26 Å². The van der Waals surface area contributed by atoms with Crippen molar-refractivity contribution in [3.63, 3.8) is 0 Å². The molecular formula is C9H8N. The van der Waals surface area contributed by atoms with Gasteiger partial charge in [0.1, 0.15) is 0 Å². The molecule has 1 rings (SSSR count). The molecule has 0 saturated heterocycles. The van der Waals surface area contributed by atoms with Crippen LogP contribution in [0.4, 0.5) is 0 Å². The van der Waals surface area contributed by atoms with Crippen LogP contribution in [0.5, 0.6) is 0 Å². The van der Waals surface area contributed by atoms with Crippen molar-refractivity contribution >= 4 is 0 Å². The van der Waals surface area contributed by atoms with Gasteiger partial charge < -0.3 is 0 Å². The lowest BCUT2D eigenvalue weighted by Gasteiger charge is -1.96. The van der Waals surface area contributed by atoms with Crippen molar-refractivity contribution in [3.8, 4) is 6.07 Å². The standard InChI is InChI=1S/C9H8N/c1-7-3-4-9(6-10)5-8(7)2/h3-4H,1-2H3. The van der Waals surface area contributed by atoms with Gasteiger partial charge in [0.05, 0.1) is 11.6 Å². The fourth-order valence-electron chi connectivity index (χ4n) is 0.741. The second-order valence-electron chi connectivity index (χ2n) is 2.29. The van der Waals surface area contributed by atoms with E-state index in [0.717, 1.165) is 5.56 Å². The van der Waals surface area contributed by atoms with Gasteiger partial charge in [0, 0.05) is 6.07 Å². The predicted octanol–water partition coefficient (Wildman–Crippen LogP) is 1.98. The molecule has 0 spiro atoms. The van der Waals surface area contributed by atoms with Gasteiger partial charge in [0.2, 0.25) is 0 Å². The smallest absolute Gasteiger partial charge is 0.0998 e. The van der Waals surface area contributed by atoms with Crippen molar-refractivity contribution in [2.24, 2.45) is 0 Å². The summed E-state index contributed by atoms with van der Waals surface area (Å²) in [5, 5.41) is 8.47. The molecule has 0 aliphatic carbocycles. The first-order valence-electron chi connectivity index (χ1n) is 3.13. The number of aryl methyl sites for hydroxylation is 2. The molecule has 0 unspecified atom stereocenters. The second-order valence-corrected chi connectivity index (χ2v) is 2.29. The van der Waals surface area contributed by atoms with Crippen molar-refractivity contribution in [3.05, 3.63) is 34.9 Å². The Hall–Kier alpha value is -1.29. The lowest BCUT2D eigenvalue weighted by atomic mass is 10.1. The maximum Gasteiger partial charge on any atom is 0.0998 e. The predicted molar refractivity (Wildman–Crippen MR) is 39.5 cm³/mol. The van der Waals surface area contributed by atoms with Crippen LogP contribution in [0, 0.1) is 31.2 Å². The third-order valence-corrected chi connectivity index (χ3v) is 1.53. The van der Waals surface area contributed by atoms with Crippen molar-refractivity contribution in [1.29, 1.82) is 5.26 Å². The Labute approximate surface area is 60.9 Å². The molecule has 0 bridgehead atoms. The van der Waals surface area contributed by atoms with Gasteiger partial charge in [0.15, 0.2) is 0 Å². The molecule has 0 aliphatic rings. The van der Waals surface area contributed by atoms with E-state index in [1.807, 2.05) is 26.0 Å². The van der Waals surface area contributed by atoms with Crippen LogP contribution in [-0.4, -0.2) is 0 Å². The molecule has 0 amide bonds. The summed E-state index contributed by atoms with van der Waals surface area (Å²) in [4.78, 5) is 0. The Morgan fingerprint density at radius 1 is 1.40 bits per heavy atom. The van der Waals surface area contributed by atoms with E-state index in [0.29, 0.717) is 5.56 Å². The van der Waals surface area contributed by atoms with Gasteiger partial charge in [-0.25, -0.2) is 0 Å². The van der Waals surface area contributed by atoms with Gasteiger partial charge in [0.25, 0.3) is 0 Å². The molecule has 1 aromatic rings. The molecule has 0 aliphatic heterocycles. The highest BCUT2D eigenvalue weighted by molar-refractivity contribution is 5.35. The Morgan fingerprint density at radius 2 is 2.10 bits per heavy atom. The summed E-state index contributed by atoms with van der Waals surface area (Å²) in [5.74, 6) is 0. The van der Waals surface area contributed by atoms with Crippen LogP contribution < -0.4 is 0 Å². The average Bonchev–Trinajstić information content (AvgIpc) is 1.95. The summed E-state index contributed by atoms with van der Waals surface area (Å²) < 4.78 is 0. The Balaban J connectivity index is 3.20. The number of benzene rings is 1. The van der Waals surface area contributed by atoms with E-state index in [1.54, 1.807) is 6.07 Å². The van der Waals surface area contributed by atoms with Crippen molar-refractivity contribution in [1.82, 2.24) is 0 Å². The number of nitriles is 1. The van der Waals surface area contributed by atoms with Crippen molar-refractivity contribution in [2.45, 2.75) is 13.8 Å². The number of rotatable bonds is 0. The van der Waals surface area contributed by atoms with Gasteiger partial charge in [-0.3, -0.25) is 0 Å². The first kappa shape index (κ1) is 6.82. The van der Waals surface area contributed by atoms with Gasteiger partial charge in [-0.05, 0) is 31.0 Å². The van der Waals surface area contributed by atoms with Gasteiger partial charge in [-0.15, -0.1) is 0 Å². The number of hydrogen-bond acceptors (Lipinski definition) is 1. The quantitative estimate of drug-likeness (QED) is 0.526. The van der Waals surface area contributed by atoms with Crippen LogP contribution in [0.15, 0.2) is 12.1 Å². The molecule has 1 nitrogen and oxygen atoms in total. The topological polar surface area (TPSA) is 23.8 Å². The molecule has 0 fully saturated rings. The third kappa shape index (κ3) is 1.16. The fraction of sp³-hybridized carbons (Fsp3) is 0.222. The minimum absolute atomic E-state index is 0.614. The maximum atomic E-state index is 8.47. The van der Waals surface area contributed by atoms with Crippen LogP contribution in [0.1, 0.15) is 16.7 Å². The van der Waals surface area contributed by atoms with Gasteiger partial charge in [-0.1, -0.05) is 6.07 Å². The number of nitrogens with zero attached hydrogens (tertiary/aromatic N) is 1. The normalized spacial score (nSPS) is 8.90. The molecule has 49 valence electrons. The van der Waals surface area contributed by atoms with Gasteiger partial charge >= 0.3 is 0 Å². The summed E-state index contributed by atoms with van der Waals surface area (Å²) in [7, 11) is 0. The summed E-state index contributed by atoms with van der Waals surface area (Å²) in [5.41, 5.74) is 2.85. The van der Waals surface area contributed by atoms with Crippen LogP contribution >= 0.6 is 0 Å². The highest BCUT2D eigenvalue weighted by Crippen LogP contribution is 2.06. The van der Waals surface area contributed by atoms with E-state index in [1.165, 1.54) is 5.56 Å². The first-order chi connectivity index (χ1) is 4.74. The molecule has 10 heavy (non-hydrogen) atoms. The minimum atomic E-state index is 0.614. The zero-order chi connectivity index (χ0) is 7.56. The van der Waals surface area contributed by atoms with Crippen LogP contribution in [0.25, 0.3) is 0 Å². The molecule has 1 aromatic carbocycles. The third-order valence-electron chi connectivity index (χ3n) is 1.53. The Morgan fingerprint density at radius 3 is 2.60 bits per heavy atom. The first-order valence-corrected chi connectivity index (χ1v) is 3.13. The Bertz CT molecular complexity index is 281. The molecule has 0 aromatic heterocycles. The molecule has 1 radical (unpaired) electrons. The van der Waals surface area contributed by atoms with Crippen LogP contribution in [0.2, 0.25) is 0 Å². The molecule has 0 N–H and O–H groups in total. The summed E-state index contributed by atoms with van der Waals surface area (Å²) in [6, 6.07) is 8.72. The summed E-state index contributed by atoms with van der Waals surface area (Å²) >= 11 is 0. The van der Waals surface area contributed by atoms with Crippen molar-refractivity contribution in [2.75, 3.05) is 0 Å². The van der Waals surface area contributed by atoms with E-state index in [2.05, 4.69) is 6.07 Å². The highest BCUT2D eigenvalue weighted by atomic mass is 14.2. The molecule has 0 atom stereocenters. The van der Waals surface area contributed by atoms with E-state index in [9.17, 15) is 0 Å². The van der Waals surface area contributed by atoms with E-state index >= 15 is 0 Å².